The fraction of sp³-hybridized carbons (Fsp3) is 1.00. The van der Waals surface area contributed by atoms with Gasteiger partial charge in [0.05, 0.1) is 6.10 Å². The maximum Gasteiger partial charge on any atom is 0.0577 e. The van der Waals surface area contributed by atoms with Gasteiger partial charge in [-0.25, -0.2) is 0 Å². The monoisotopic (exact) mass is 363 g/mol. The highest BCUT2D eigenvalue weighted by atomic mass is 16.5. The predicted molar refractivity (Wildman–Crippen MR) is 108 cm³/mol. The van der Waals surface area contributed by atoms with Crippen molar-refractivity contribution in [2.75, 3.05) is 66.5 Å². The Morgan fingerprint density at radius 1 is 0.769 bits per heavy atom. The average Bonchev–Trinajstić information content (AvgIpc) is 2.64. The summed E-state index contributed by atoms with van der Waals surface area (Å²) in [5.41, 5.74) is 0.704. The van der Waals surface area contributed by atoms with Gasteiger partial charge in [-0.15, -0.1) is 0 Å². The molecule has 150 valence electrons. The molecule has 1 aliphatic carbocycles. The van der Waals surface area contributed by atoms with Gasteiger partial charge in [-0.1, -0.05) is 0 Å². The van der Waals surface area contributed by atoms with Crippen LogP contribution in [-0.4, -0.2) is 87.3 Å². The Labute approximate surface area is 161 Å². The number of hydrogen-bond donors (Lipinski definition) is 0. The summed E-state index contributed by atoms with van der Waals surface area (Å²) in [6.07, 6.45) is 11.8. The number of nitrogens with zero attached hydrogens (tertiary/aromatic N) is 3. The van der Waals surface area contributed by atoms with Gasteiger partial charge in [-0.3, -0.25) is 0 Å². The minimum absolute atomic E-state index is 0.560. The fourth-order valence-electron chi connectivity index (χ4n) is 5.90. The third kappa shape index (κ3) is 4.63. The van der Waals surface area contributed by atoms with Crippen molar-refractivity contribution in [3.63, 3.8) is 0 Å². The Balaban J connectivity index is 1.12. The van der Waals surface area contributed by atoms with Gasteiger partial charge < -0.3 is 19.4 Å². The van der Waals surface area contributed by atoms with Gasteiger partial charge >= 0.3 is 0 Å². The molecule has 1 spiro atoms. The van der Waals surface area contributed by atoms with E-state index >= 15 is 0 Å². The molecule has 3 heterocycles. The second-order valence-electron chi connectivity index (χ2n) is 10.0. The highest BCUT2D eigenvalue weighted by Gasteiger charge is 2.37. The summed E-state index contributed by atoms with van der Waals surface area (Å²) in [6.45, 7) is 10.8. The first-order chi connectivity index (χ1) is 12.6. The Morgan fingerprint density at radius 3 is 1.92 bits per heavy atom. The summed E-state index contributed by atoms with van der Waals surface area (Å²) in [5.74, 6) is 1.86. The minimum atomic E-state index is 0.560. The Bertz CT molecular complexity index is 425. The highest BCUT2D eigenvalue weighted by molar-refractivity contribution is 4.91. The maximum absolute atomic E-state index is 5.43. The molecule has 3 saturated heterocycles. The lowest BCUT2D eigenvalue weighted by Crippen LogP contribution is -2.48. The Morgan fingerprint density at radius 2 is 1.31 bits per heavy atom. The highest BCUT2D eigenvalue weighted by Crippen LogP contribution is 2.41. The van der Waals surface area contributed by atoms with E-state index in [0.717, 1.165) is 11.8 Å². The van der Waals surface area contributed by atoms with Gasteiger partial charge in [0.2, 0.25) is 0 Å². The maximum atomic E-state index is 5.43. The second kappa shape index (κ2) is 8.46. The number of rotatable bonds is 5. The molecule has 0 aromatic rings. The van der Waals surface area contributed by atoms with Gasteiger partial charge in [0.15, 0.2) is 0 Å². The molecule has 4 nitrogen and oxygen atoms in total. The molecular formula is C22H41N3O. The van der Waals surface area contributed by atoms with Crippen molar-refractivity contribution in [2.24, 2.45) is 17.3 Å². The molecule has 4 rings (SSSR count). The number of hydrogen-bond acceptors (Lipinski definition) is 4. The standard InChI is InChI=1S/C22H41N3O/c1-23-11-5-22(6-12-23)7-13-25(14-8-22)17-19-3-9-24(10-4-19)18-20-15-21(16-20)26-2/h19-21H,3-18H2,1-2H3. The van der Waals surface area contributed by atoms with Crippen LogP contribution in [0.2, 0.25) is 0 Å². The van der Waals surface area contributed by atoms with Crippen LogP contribution in [0.15, 0.2) is 0 Å². The third-order valence-corrected chi connectivity index (χ3v) is 8.23. The van der Waals surface area contributed by atoms with E-state index in [0.29, 0.717) is 11.5 Å². The molecule has 26 heavy (non-hydrogen) atoms. The van der Waals surface area contributed by atoms with E-state index < -0.39 is 0 Å². The van der Waals surface area contributed by atoms with Crippen LogP contribution in [0.3, 0.4) is 0 Å². The van der Waals surface area contributed by atoms with E-state index in [4.69, 9.17) is 4.74 Å². The number of ether oxygens (including phenoxy) is 1. The zero-order valence-electron chi connectivity index (χ0n) is 17.3. The predicted octanol–water partition coefficient (Wildman–Crippen LogP) is 2.93. The number of piperidine rings is 3. The van der Waals surface area contributed by atoms with Crippen LogP contribution < -0.4 is 0 Å². The summed E-state index contributed by atoms with van der Waals surface area (Å²) < 4.78 is 5.43. The van der Waals surface area contributed by atoms with E-state index in [1.165, 1.54) is 104 Å². The molecule has 3 aliphatic heterocycles. The van der Waals surface area contributed by atoms with Crippen molar-refractivity contribution >= 4 is 0 Å². The molecule has 4 aliphatic rings. The van der Waals surface area contributed by atoms with E-state index in [1.807, 2.05) is 7.11 Å². The van der Waals surface area contributed by atoms with Crippen molar-refractivity contribution in [2.45, 2.75) is 57.5 Å². The van der Waals surface area contributed by atoms with E-state index in [2.05, 4.69) is 21.7 Å². The molecule has 4 heteroatoms. The van der Waals surface area contributed by atoms with Gasteiger partial charge in [0.25, 0.3) is 0 Å². The largest absolute Gasteiger partial charge is 0.381 e. The normalized spacial score (nSPS) is 34.8. The van der Waals surface area contributed by atoms with Crippen LogP contribution in [-0.2, 0) is 4.74 Å². The SMILES string of the molecule is COC1CC(CN2CCC(CN3CCC4(CCN(C)CC4)CC3)CC2)C1. The van der Waals surface area contributed by atoms with Gasteiger partial charge in [-0.2, -0.15) is 0 Å². The van der Waals surface area contributed by atoms with Crippen LogP contribution in [0.4, 0.5) is 0 Å². The Kier molecular flexibility index (Phi) is 6.24. The van der Waals surface area contributed by atoms with Crippen LogP contribution in [0.1, 0.15) is 51.4 Å². The second-order valence-corrected chi connectivity index (χ2v) is 10.0. The molecule has 0 atom stereocenters. The van der Waals surface area contributed by atoms with Crippen molar-refractivity contribution in [3.05, 3.63) is 0 Å². The molecule has 0 aromatic carbocycles. The van der Waals surface area contributed by atoms with Crippen molar-refractivity contribution in [3.8, 4) is 0 Å². The summed E-state index contributed by atoms with van der Waals surface area (Å²) >= 11 is 0. The topological polar surface area (TPSA) is 19.0 Å². The Hall–Kier alpha value is -0.160. The van der Waals surface area contributed by atoms with Crippen LogP contribution in [0.5, 0.6) is 0 Å². The lowest BCUT2D eigenvalue weighted by atomic mass is 9.71. The van der Waals surface area contributed by atoms with E-state index in [9.17, 15) is 0 Å². The first-order valence-corrected chi connectivity index (χ1v) is 11.3. The lowest BCUT2D eigenvalue weighted by molar-refractivity contribution is -0.0156. The summed E-state index contributed by atoms with van der Waals surface area (Å²) in [7, 11) is 4.15. The summed E-state index contributed by atoms with van der Waals surface area (Å²) in [4.78, 5) is 8.06. The van der Waals surface area contributed by atoms with Crippen molar-refractivity contribution < 1.29 is 4.74 Å². The fourth-order valence-corrected chi connectivity index (χ4v) is 5.90. The van der Waals surface area contributed by atoms with Crippen molar-refractivity contribution in [1.82, 2.24) is 14.7 Å². The van der Waals surface area contributed by atoms with Crippen LogP contribution in [0.25, 0.3) is 0 Å². The lowest BCUT2D eigenvalue weighted by Gasteiger charge is -2.47. The summed E-state index contributed by atoms with van der Waals surface area (Å²) in [6, 6.07) is 0. The zero-order valence-corrected chi connectivity index (χ0v) is 17.3. The molecular weight excluding hydrogens is 322 g/mol. The summed E-state index contributed by atoms with van der Waals surface area (Å²) in [5, 5.41) is 0. The first kappa shape index (κ1) is 19.2. The molecule has 0 bridgehead atoms. The molecule has 0 N–H and O–H groups in total. The smallest absolute Gasteiger partial charge is 0.0577 e. The average molecular weight is 364 g/mol. The van der Waals surface area contributed by atoms with E-state index in [-0.39, 0.29) is 0 Å². The van der Waals surface area contributed by atoms with Gasteiger partial charge in [0.1, 0.15) is 0 Å². The molecule has 4 fully saturated rings. The van der Waals surface area contributed by atoms with Crippen LogP contribution in [0, 0.1) is 17.3 Å². The quantitative estimate of drug-likeness (QED) is 0.747. The number of methoxy groups -OCH3 is 1. The molecule has 0 unspecified atom stereocenters. The van der Waals surface area contributed by atoms with Gasteiger partial charge in [-0.05, 0) is 115 Å². The molecule has 0 aromatic heterocycles. The zero-order chi connectivity index (χ0) is 18.0. The first-order valence-electron chi connectivity index (χ1n) is 11.3. The van der Waals surface area contributed by atoms with E-state index in [1.54, 1.807) is 0 Å². The van der Waals surface area contributed by atoms with Crippen LogP contribution >= 0.6 is 0 Å². The number of likely N-dealkylation sites (tertiary alicyclic amines) is 3. The molecule has 1 saturated carbocycles. The molecule has 0 amide bonds. The van der Waals surface area contributed by atoms with Gasteiger partial charge in [0, 0.05) is 20.2 Å². The van der Waals surface area contributed by atoms with Crippen molar-refractivity contribution in [1.29, 1.82) is 0 Å². The minimum Gasteiger partial charge on any atom is -0.381 e. The third-order valence-electron chi connectivity index (χ3n) is 8.23. The molecule has 0 radical (unpaired) electrons.